The zero-order valence-corrected chi connectivity index (χ0v) is 10.8. The molecule has 0 aliphatic carbocycles. The van der Waals surface area contributed by atoms with E-state index in [1.807, 2.05) is 0 Å². The van der Waals surface area contributed by atoms with Crippen LogP contribution in [0.25, 0.3) is 0 Å². The number of pyridine rings is 1. The van der Waals surface area contributed by atoms with Crippen LogP contribution in [0, 0.1) is 5.21 Å². The van der Waals surface area contributed by atoms with E-state index < -0.39 is 5.97 Å². The molecule has 0 amide bonds. The van der Waals surface area contributed by atoms with Gasteiger partial charge in [-0.1, -0.05) is 0 Å². The van der Waals surface area contributed by atoms with Crippen molar-refractivity contribution in [1.82, 2.24) is 0 Å². The maximum absolute atomic E-state index is 11.4. The number of hydrogen-bond donors (Lipinski definition) is 1. The van der Waals surface area contributed by atoms with Gasteiger partial charge in [0.15, 0.2) is 6.20 Å². The molecule has 1 N–H and O–H groups in total. The van der Waals surface area contributed by atoms with Crippen molar-refractivity contribution in [3.63, 3.8) is 0 Å². The molecule has 2 aromatic rings. The first kappa shape index (κ1) is 12.8. The lowest BCUT2D eigenvalue weighted by Gasteiger charge is -2.02. The van der Waals surface area contributed by atoms with Crippen molar-refractivity contribution in [3.05, 3.63) is 59.4 Å². The normalized spacial score (nSPS) is 10.2. The van der Waals surface area contributed by atoms with Gasteiger partial charge in [-0.15, -0.1) is 0 Å². The Morgan fingerprint density at radius 1 is 1.11 bits per heavy atom. The van der Waals surface area contributed by atoms with Crippen molar-refractivity contribution in [2.45, 2.75) is 9.92 Å². The maximum atomic E-state index is 11.4. The Labute approximate surface area is 112 Å². The fourth-order valence-corrected chi connectivity index (χ4v) is 3.18. The molecule has 0 bridgehead atoms. The van der Waals surface area contributed by atoms with Gasteiger partial charge in [0.1, 0.15) is 0 Å². The first-order chi connectivity index (χ1) is 8.66. The third-order valence-corrected chi connectivity index (χ3v) is 4.49. The quantitative estimate of drug-likeness (QED) is 0.529. The number of benzene rings is 1. The van der Waals surface area contributed by atoms with Gasteiger partial charge in [-0.25, -0.2) is 4.79 Å². The van der Waals surface area contributed by atoms with Gasteiger partial charge in [0, 0.05) is 27.8 Å². The van der Waals surface area contributed by atoms with Crippen LogP contribution in [-0.4, -0.2) is 11.1 Å². The molecule has 0 unspecified atom stereocenters. The molecule has 1 aromatic heterocycles. The zero-order valence-electron chi connectivity index (χ0n) is 9.15. The van der Waals surface area contributed by atoms with Gasteiger partial charge < -0.3 is 10.3 Å². The van der Waals surface area contributed by atoms with Gasteiger partial charge in [0.2, 0.25) is 0 Å². The summed E-state index contributed by atoms with van der Waals surface area (Å²) in [7, 11) is 2.75. The Hall–Kier alpha value is -1.66. The summed E-state index contributed by atoms with van der Waals surface area (Å²) in [6, 6.07) is 11.7. The molecule has 2 rings (SSSR count). The van der Waals surface area contributed by atoms with E-state index in [-0.39, 0.29) is 5.56 Å². The van der Waals surface area contributed by atoms with Crippen molar-refractivity contribution < 1.29 is 14.6 Å². The van der Waals surface area contributed by atoms with E-state index >= 15 is 0 Å². The van der Waals surface area contributed by atoms with Crippen LogP contribution in [0.4, 0.5) is 0 Å². The second-order valence-electron chi connectivity index (χ2n) is 3.36. The molecular weight excluding hydrogens is 270 g/mol. The Morgan fingerprint density at radius 2 is 1.83 bits per heavy atom. The summed E-state index contributed by atoms with van der Waals surface area (Å²) in [6.07, 6.45) is 1.44. The predicted molar refractivity (Wildman–Crippen MR) is 70.5 cm³/mol. The highest BCUT2D eigenvalue weighted by Gasteiger charge is 2.07. The second-order valence-corrected chi connectivity index (χ2v) is 5.58. The van der Waals surface area contributed by atoms with Gasteiger partial charge >= 0.3 is 5.97 Å². The van der Waals surface area contributed by atoms with E-state index in [0.29, 0.717) is 5.03 Å². The van der Waals surface area contributed by atoms with Crippen LogP contribution in [0.15, 0.2) is 58.6 Å². The van der Waals surface area contributed by atoms with E-state index in [9.17, 15) is 10.0 Å². The van der Waals surface area contributed by atoms with E-state index in [1.165, 1.54) is 27.8 Å². The van der Waals surface area contributed by atoms with Gasteiger partial charge in [0.05, 0.1) is 5.56 Å². The summed E-state index contributed by atoms with van der Waals surface area (Å²) in [6.45, 7) is 0. The predicted octanol–water partition coefficient (Wildman–Crippen LogP) is 2.82. The Bertz CT molecular complexity index is 558. The van der Waals surface area contributed by atoms with Crippen molar-refractivity contribution in [3.8, 4) is 0 Å². The van der Waals surface area contributed by atoms with Crippen LogP contribution in [0.3, 0.4) is 0 Å². The Balaban J connectivity index is 2.02. The summed E-state index contributed by atoms with van der Waals surface area (Å²) in [5.41, 5.74) is 0.253. The minimum Gasteiger partial charge on any atom is -0.618 e. The SMILES string of the molecule is O=C(O)c1ccc(SSc2cccc[n+]2[O-])cc1. The van der Waals surface area contributed by atoms with Gasteiger partial charge in [-0.3, -0.25) is 0 Å². The van der Waals surface area contributed by atoms with Crippen LogP contribution < -0.4 is 4.73 Å². The van der Waals surface area contributed by atoms with Crippen LogP contribution in [-0.2, 0) is 0 Å². The van der Waals surface area contributed by atoms with Crippen molar-refractivity contribution >= 4 is 27.6 Å². The number of aromatic carboxylic acids is 1. The number of carboxylic acids is 1. The summed E-state index contributed by atoms with van der Waals surface area (Å²) in [5.74, 6) is -0.945. The van der Waals surface area contributed by atoms with Gasteiger partial charge in [-0.05, 0) is 41.1 Å². The number of nitrogens with zero attached hydrogens (tertiary/aromatic N) is 1. The summed E-state index contributed by atoms with van der Waals surface area (Å²) < 4.78 is 0.795. The van der Waals surface area contributed by atoms with Crippen LogP contribution in [0.5, 0.6) is 0 Å². The molecule has 1 heterocycles. The molecule has 92 valence electrons. The Kier molecular flexibility index (Phi) is 4.11. The third-order valence-electron chi connectivity index (χ3n) is 2.11. The fourth-order valence-electron chi connectivity index (χ4n) is 1.22. The number of carbonyl (C=O) groups is 1. The lowest BCUT2D eigenvalue weighted by molar-refractivity contribution is -0.645. The van der Waals surface area contributed by atoms with Crippen molar-refractivity contribution in [1.29, 1.82) is 0 Å². The molecule has 0 aliphatic heterocycles. The molecule has 4 nitrogen and oxygen atoms in total. The topological polar surface area (TPSA) is 64.2 Å². The molecule has 0 fully saturated rings. The van der Waals surface area contributed by atoms with E-state index in [1.54, 1.807) is 42.5 Å². The summed E-state index contributed by atoms with van der Waals surface area (Å²) in [4.78, 5) is 11.6. The highest BCUT2D eigenvalue weighted by atomic mass is 33.1. The molecule has 0 spiro atoms. The maximum Gasteiger partial charge on any atom is 0.335 e. The smallest absolute Gasteiger partial charge is 0.335 e. The molecule has 18 heavy (non-hydrogen) atoms. The third kappa shape index (κ3) is 3.18. The average molecular weight is 279 g/mol. The minimum atomic E-state index is -0.945. The number of aromatic nitrogens is 1. The average Bonchev–Trinajstić information content (AvgIpc) is 2.38. The minimum absolute atomic E-state index is 0.253. The van der Waals surface area contributed by atoms with Crippen LogP contribution in [0.1, 0.15) is 10.4 Å². The number of hydrogen-bond acceptors (Lipinski definition) is 4. The van der Waals surface area contributed by atoms with Gasteiger partial charge in [0.25, 0.3) is 5.03 Å². The monoisotopic (exact) mass is 279 g/mol. The molecule has 1 aromatic carbocycles. The lowest BCUT2D eigenvalue weighted by Crippen LogP contribution is -2.27. The molecule has 0 atom stereocenters. The lowest BCUT2D eigenvalue weighted by atomic mass is 10.2. The first-order valence-corrected chi connectivity index (χ1v) is 7.18. The molecule has 0 saturated heterocycles. The highest BCUT2D eigenvalue weighted by molar-refractivity contribution is 8.76. The zero-order chi connectivity index (χ0) is 13.0. The van der Waals surface area contributed by atoms with Gasteiger partial charge in [-0.2, -0.15) is 4.73 Å². The standard InChI is InChI=1S/C12H9NO3S2/c14-12(15)9-4-6-10(7-5-9)17-18-11-3-1-2-8-13(11)16/h1-8H,(H,14,15). The Morgan fingerprint density at radius 3 is 2.44 bits per heavy atom. The molecule has 6 heteroatoms. The summed E-state index contributed by atoms with van der Waals surface area (Å²) in [5, 5.41) is 20.7. The van der Waals surface area contributed by atoms with Crippen LogP contribution in [0.2, 0.25) is 0 Å². The molecule has 0 radical (unpaired) electrons. The molecule has 0 aliphatic rings. The van der Waals surface area contributed by atoms with Crippen molar-refractivity contribution in [2.24, 2.45) is 0 Å². The van der Waals surface area contributed by atoms with Crippen LogP contribution >= 0.6 is 21.6 Å². The molecule has 0 saturated carbocycles. The largest absolute Gasteiger partial charge is 0.618 e. The van der Waals surface area contributed by atoms with E-state index in [4.69, 9.17) is 5.11 Å². The highest BCUT2D eigenvalue weighted by Crippen LogP contribution is 2.35. The number of carboxylic acid groups (broad SMARTS) is 1. The van der Waals surface area contributed by atoms with E-state index in [0.717, 1.165) is 9.63 Å². The van der Waals surface area contributed by atoms with Crippen molar-refractivity contribution in [2.75, 3.05) is 0 Å². The second kappa shape index (κ2) is 5.79. The number of rotatable bonds is 4. The summed E-state index contributed by atoms with van der Waals surface area (Å²) >= 11 is 0. The molecular formula is C12H9NO3S2. The fraction of sp³-hybridized carbons (Fsp3) is 0. The van der Waals surface area contributed by atoms with E-state index in [2.05, 4.69) is 0 Å². The first-order valence-electron chi connectivity index (χ1n) is 5.03.